The fourth-order valence-corrected chi connectivity index (χ4v) is 2.17. The summed E-state index contributed by atoms with van der Waals surface area (Å²) in [4.78, 5) is 11.3. The average molecular weight is 254 g/mol. The molecule has 2 nitrogen and oxygen atoms in total. The van der Waals surface area contributed by atoms with E-state index < -0.39 is 5.97 Å². The van der Waals surface area contributed by atoms with E-state index >= 15 is 0 Å². The molecule has 0 saturated carbocycles. The number of carboxylic acid groups (broad SMARTS) is 1. The second-order valence-corrected chi connectivity index (χ2v) is 4.65. The van der Waals surface area contributed by atoms with E-state index in [1.807, 2.05) is 42.5 Å². The van der Waals surface area contributed by atoms with E-state index in [-0.39, 0.29) is 0 Å². The van der Waals surface area contributed by atoms with E-state index in [9.17, 15) is 9.90 Å². The molecule has 1 N–H and O–H groups in total. The molecule has 0 atom stereocenters. The molecule has 2 rings (SSSR count). The minimum atomic E-state index is -0.874. The van der Waals surface area contributed by atoms with Crippen molar-refractivity contribution in [3.05, 3.63) is 59.7 Å². The third-order valence-corrected chi connectivity index (χ3v) is 3.22. The van der Waals surface area contributed by atoms with Crippen LogP contribution in [-0.4, -0.2) is 11.1 Å². The van der Waals surface area contributed by atoms with Gasteiger partial charge in [0.2, 0.25) is 0 Å². The Morgan fingerprint density at radius 2 is 1.84 bits per heavy atom. The van der Waals surface area contributed by atoms with Gasteiger partial charge in [0.05, 0.1) is 5.56 Å². The molecule has 0 unspecified atom stereocenters. The molecule has 2 heteroatoms. The SMILES string of the molecule is CCCCc1ccc(C(=O)O)c(-c2ccccc2)c1. The topological polar surface area (TPSA) is 37.3 Å². The molecule has 2 aromatic carbocycles. The predicted molar refractivity (Wildman–Crippen MR) is 77.4 cm³/mol. The van der Waals surface area contributed by atoms with E-state index in [2.05, 4.69) is 6.92 Å². The summed E-state index contributed by atoms with van der Waals surface area (Å²) < 4.78 is 0. The van der Waals surface area contributed by atoms with Crippen LogP contribution >= 0.6 is 0 Å². The molecular formula is C17H18O2. The lowest BCUT2D eigenvalue weighted by Crippen LogP contribution is -2.00. The molecule has 0 spiro atoms. The summed E-state index contributed by atoms with van der Waals surface area (Å²) in [7, 11) is 0. The van der Waals surface area contributed by atoms with Crippen molar-refractivity contribution in [3.63, 3.8) is 0 Å². The Bertz CT molecular complexity index is 559. The van der Waals surface area contributed by atoms with Crippen molar-refractivity contribution in [2.24, 2.45) is 0 Å². The molecule has 0 amide bonds. The number of rotatable bonds is 5. The van der Waals surface area contributed by atoms with Gasteiger partial charge in [0, 0.05) is 0 Å². The van der Waals surface area contributed by atoms with Crippen molar-refractivity contribution in [2.75, 3.05) is 0 Å². The molecule has 0 aliphatic carbocycles. The van der Waals surface area contributed by atoms with Gasteiger partial charge in [-0.1, -0.05) is 55.8 Å². The van der Waals surface area contributed by atoms with Crippen LogP contribution in [0, 0.1) is 0 Å². The number of hydrogen-bond acceptors (Lipinski definition) is 1. The van der Waals surface area contributed by atoms with Crippen molar-refractivity contribution >= 4 is 5.97 Å². The largest absolute Gasteiger partial charge is 0.478 e. The van der Waals surface area contributed by atoms with Gasteiger partial charge in [0.25, 0.3) is 0 Å². The van der Waals surface area contributed by atoms with Gasteiger partial charge >= 0.3 is 5.97 Å². The molecule has 0 radical (unpaired) electrons. The van der Waals surface area contributed by atoms with E-state index in [1.165, 1.54) is 5.56 Å². The molecule has 0 fully saturated rings. The van der Waals surface area contributed by atoms with Crippen LogP contribution in [0.15, 0.2) is 48.5 Å². The maximum Gasteiger partial charge on any atom is 0.336 e. The third-order valence-electron chi connectivity index (χ3n) is 3.22. The van der Waals surface area contributed by atoms with Crippen LogP contribution < -0.4 is 0 Å². The first-order chi connectivity index (χ1) is 9.22. The number of carbonyl (C=O) groups is 1. The average Bonchev–Trinajstić information content (AvgIpc) is 2.45. The number of aryl methyl sites for hydroxylation is 1. The lowest BCUT2D eigenvalue weighted by Gasteiger charge is -2.09. The maximum atomic E-state index is 11.3. The number of carboxylic acids is 1. The van der Waals surface area contributed by atoms with Gasteiger partial charge < -0.3 is 5.11 Å². The zero-order valence-electron chi connectivity index (χ0n) is 11.1. The molecule has 0 heterocycles. The van der Waals surface area contributed by atoms with Crippen LogP contribution in [0.3, 0.4) is 0 Å². The molecule has 0 aromatic heterocycles. The minimum Gasteiger partial charge on any atom is -0.478 e. The Morgan fingerprint density at radius 3 is 2.47 bits per heavy atom. The number of hydrogen-bond donors (Lipinski definition) is 1. The van der Waals surface area contributed by atoms with Crippen molar-refractivity contribution in [2.45, 2.75) is 26.2 Å². The normalized spacial score (nSPS) is 10.4. The summed E-state index contributed by atoms with van der Waals surface area (Å²) in [5.41, 5.74) is 3.33. The number of benzene rings is 2. The monoisotopic (exact) mass is 254 g/mol. The van der Waals surface area contributed by atoms with Gasteiger partial charge in [-0.2, -0.15) is 0 Å². The first kappa shape index (κ1) is 13.3. The minimum absolute atomic E-state index is 0.367. The van der Waals surface area contributed by atoms with Gasteiger partial charge in [-0.25, -0.2) is 4.79 Å². The van der Waals surface area contributed by atoms with Gasteiger partial charge in [-0.3, -0.25) is 0 Å². The Labute approximate surface area is 113 Å². The first-order valence-corrected chi connectivity index (χ1v) is 6.64. The van der Waals surface area contributed by atoms with Crippen molar-refractivity contribution in [1.82, 2.24) is 0 Å². The van der Waals surface area contributed by atoms with Crippen molar-refractivity contribution in [1.29, 1.82) is 0 Å². The van der Waals surface area contributed by atoms with E-state index in [4.69, 9.17) is 0 Å². The number of unbranched alkanes of at least 4 members (excludes halogenated alkanes) is 1. The smallest absolute Gasteiger partial charge is 0.336 e. The zero-order chi connectivity index (χ0) is 13.7. The van der Waals surface area contributed by atoms with Crippen LogP contribution in [0.2, 0.25) is 0 Å². The standard InChI is InChI=1S/C17H18O2/c1-2-3-7-13-10-11-15(17(18)19)16(12-13)14-8-5-4-6-9-14/h4-6,8-12H,2-3,7H2,1H3,(H,18,19). The van der Waals surface area contributed by atoms with Crippen LogP contribution in [-0.2, 0) is 6.42 Å². The van der Waals surface area contributed by atoms with Crippen LogP contribution in [0.4, 0.5) is 0 Å². The maximum absolute atomic E-state index is 11.3. The highest BCUT2D eigenvalue weighted by atomic mass is 16.4. The lowest BCUT2D eigenvalue weighted by molar-refractivity contribution is 0.0697. The quantitative estimate of drug-likeness (QED) is 0.859. The number of aromatic carboxylic acids is 1. The van der Waals surface area contributed by atoms with Crippen molar-refractivity contribution < 1.29 is 9.90 Å². The highest BCUT2D eigenvalue weighted by Crippen LogP contribution is 2.25. The summed E-state index contributed by atoms with van der Waals surface area (Å²) in [5, 5.41) is 9.29. The third kappa shape index (κ3) is 3.22. The molecule has 0 bridgehead atoms. The fraction of sp³-hybridized carbons (Fsp3) is 0.235. The molecule has 2 aromatic rings. The second-order valence-electron chi connectivity index (χ2n) is 4.65. The Kier molecular flexibility index (Phi) is 4.35. The molecule has 19 heavy (non-hydrogen) atoms. The van der Waals surface area contributed by atoms with Crippen LogP contribution in [0.5, 0.6) is 0 Å². The molecule has 0 aliphatic rings. The van der Waals surface area contributed by atoms with E-state index in [1.54, 1.807) is 6.07 Å². The Morgan fingerprint density at radius 1 is 1.11 bits per heavy atom. The summed E-state index contributed by atoms with van der Waals surface area (Å²) in [6.07, 6.45) is 3.26. The molecule has 0 saturated heterocycles. The van der Waals surface area contributed by atoms with Crippen LogP contribution in [0.25, 0.3) is 11.1 Å². The molecule has 0 aliphatic heterocycles. The van der Waals surface area contributed by atoms with Gasteiger partial charge in [-0.05, 0) is 35.6 Å². The highest BCUT2D eigenvalue weighted by Gasteiger charge is 2.12. The van der Waals surface area contributed by atoms with Crippen molar-refractivity contribution in [3.8, 4) is 11.1 Å². The summed E-state index contributed by atoms with van der Waals surface area (Å²) in [5.74, 6) is -0.874. The fourth-order valence-electron chi connectivity index (χ4n) is 2.17. The lowest BCUT2D eigenvalue weighted by atomic mass is 9.95. The Balaban J connectivity index is 2.45. The van der Waals surface area contributed by atoms with E-state index in [0.29, 0.717) is 5.56 Å². The van der Waals surface area contributed by atoms with Gasteiger partial charge in [-0.15, -0.1) is 0 Å². The van der Waals surface area contributed by atoms with Crippen LogP contribution in [0.1, 0.15) is 35.7 Å². The summed E-state index contributed by atoms with van der Waals surface area (Å²) >= 11 is 0. The molecule has 98 valence electrons. The summed E-state index contributed by atoms with van der Waals surface area (Å²) in [6.45, 7) is 2.16. The van der Waals surface area contributed by atoms with Gasteiger partial charge in [0.15, 0.2) is 0 Å². The second kappa shape index (κ2) is 6.19. The highest BCUT2D eigenvalue weighted by molar-refractivity contribution is 5.96. The van der Waals surface area contributed by atoms with Gasteiger partial charge in [0.1, 0.15) is 0 Å². The predicted octanol–water partition coefficient (Wildman–Crippen LogP) is 4.39. The summed E-state index contributed by atoms with van der Waals surface area (Å²) in [6, 6.07) is 15.3. The Hall–Kier alpha value is -2.09. The first-order valence-electron chi connectivity index (χ1n) is 6.64. The van der Waals surface area contributed by atoms with E-state index in [0.717, 1.165) is 30.4 Å². The zero-order valence-corrected chi connectivity index (χ0v) is 11.1. The molecular weight excluding hydrogens is 236 g/mol.